The normalized spacial score (nSPS) is 21.8. The minimum Gasteiger partial charge on any atom is -0.319 e. The number of hydrogen-bond donors (Lipinski definition) is 1. The van der Waals surface area contributed by atoms with Crippen molar-refractivity contribution >= 4 is 0 Å². The number of piperidine rings is 1. The van der Waals surface area contributed by atoms with Gasteiger partial charge in [-0.2, -0.15) is 5.26 Å². The van der Waals surface area contributed by atoms with Crippen LogP contribution in [0.5, 0.6) is 0 Å². The van der Waals surface area contributed by atoms with Gasteiger partial charge in [-0.3, -0.25) is 4.90 Å². The predicted molar refractivity (Wildman–Crippen MR) is 77.8 cm³/mol. The quantitative estimate of drug-likeness (QED) is 0.901. The van der Waals surface area contributed by atoms with Crippen LogP contribution < -0.4 is 5.32 Å². The molecule has 0 amide bonds. The van der Waals surface area contributed by atoms with Gasteiger partial charge in [0.15, 0.2) is 0 Å². The van der Waals surface area contributed by atoms with Crippen molar-refractivity contribution in [2.24, 2.45) is 5.92 Å². The Kier molecular flexibility index (Phi) is 4.95. The van der Waals surface area contributed by atoms with Crippen molar-refractivity contribution in [1.29, 1.82) is 5.26 Å². The fourth-order valence-corrected chi connectivity index (χ4v) is 2.98. The highest BCUT2D eigenvalue weighted by Gasteiger charge is 2.23. The van der Waals surface area contributed by atoms with Crippen molar-refractivity contribution in [2.45, 2.75) is 25.8 Å². The van der Waals surface area contributed by atoms with E-state index in [-0.39, 0.29) is 0 Å². The molecule has 1 aromatic rings. The molecule has 0 aromatic heterocycles. The summed E-state index contributed by atoms with van der Waals surface area (Å²) in [6, 6.07) is 10.6. The minimum absolute atomic E-state index is 0.396. The van der Waals surface area contributed by atoms with Gasteiger partial charge in [0.25, 0.3) is 0 Å². The van der Waals surface area contributed by atoms with Crippen molar-refractivity contribution < 1.29 is 0 Å². The molecule has 3 nitrogen and oxygen atoms in total. The zero-order valence-corrected chi connectivity index (χ0v) is 11.9. The van der Waals surface area contributed by atoms with Crippen molar-refractivity contribution in [3.8, 4) is 6.07 Å². The molecule has 1 aromatic carbocycles. The van der Waals surface area contributed by atoms with Crippen LogP contribution in [-0.4, -0.2) is 31.6 Å². The molecule has 0 saturated carbocycles. The maximum Gasteiger partial charge on any atom is 0.0991 e. The summed E-state index contributed by atoms with van der Waals surface area (Å²) in [6.07, 6.45) is 2.59. The van der Waals surface area contributed by atoms with Crippen molar-refractivity contribution in [2.75, 3.05) is 26.7 Å². The van der Waals surface area contributed by atoms with Crippen molar-refractivity contribution in [3.63, 3.8) is 0 Å². The Balaban J connectivity index is 2.05. The van der Waals surface area contributed by atoms with E-state index in [1.807, 2.05) is 25.2 Å². The SMILES string of the molecule is CNCC1CCCN(C(C)c2cccc(C#N)c2)C1. The van der Waals surface area contributed by atoms with Gasteiger partial charge >= 0.3 is 0 Å². The summed E-state index contributed by atoms with van der Waals surface area (Å²) in [4.78, 5) is 2.54. The highest BCUT2D eigenvalue weighted by Crippen LogP contribution is 2.26. The molecule has 0 aliphatic carbocycles. The summed E-state index contributed by atoms with van der Waals surface area (Å²) < 4.78 is 0. The zero-order chi connectivity index (χ0) is 13.7. The van der Waals surface area contributed by atoms with E-state index in [1.54, 1.807) is 0 Å². The van der Waals surface area contributed by atoms with Crippen LogP contribution in [0.2, 0.25) is 0 Å². The Bertz CT molecular complexity index is 448. The molecule has 1 N–H and O–H groups in total. The van der Waals surface area contributed by atoms with E-state index in [4.69, 9.17) is 5.26 Å². The van der Waals surface area contributed by atoms with Gasteiger partial charge in [0.1, 0.15) is 0 Å². The number of nitrogens with one attached hydrogen (secondary N) is 1. The summed E-state index contributed by atoms with van der Waals surface area (Å²) in [5, 5.41) is 12.3. The fourth-order valence-electron chi connectivity index (χ4n) is 2.98. The standard InChI is InChI=1S/C16H23N3/c1-13(16-7-3-5-14(9-16)10-17)19-8-4-6-15(12-19)11-18-2/h3,5,7,9,13,15,18H,4,6,8,11-12H2,1-2H3. The molecule has 102 valence electrons. The summed E-state index contributed by atoms with van der Waals surface area (Å²) in [5.41, 5.74) is 2.01. The lowest BCUT2D eigenvalue weighted by Gasteiger charge is -2.37. The van der Waals surface area contributed by atoms with E-state index in [1.165, 1.54) is 18.4 Å². The monoisotopic (exact) mass is 257 g/mol. The van der Waals surface area contributed by atoms with Gasteiger partial charge in [0, 0.05) is 12.6 Å². The lowest BCUT2D eigenvalue weighted by Crippen LogP contribution is -2.40. The van der Waals surface area contributed by atoms with E-state index in [0.717, 1.165) is 31.1 Å². The Morgan fingerprint density at radius 1 is 1.53 bits per heavy atom. The smallest absolute Gasteiger partial charge is 0.0991 e. The summed E-state index contributed by atoms with van der Waals surface area (Å²) in [7, 11) is 2.03. The Morgan fingerprint density at radius 2 is 2.37 bits per heavy atom. The number of likely N-dealkylation sites (tertiary alicyclic amines) is 1. The number of nitriles is 1. The molecule has 3 heteroatoms. The maximum atomic E-state index is 8.99. The molecule has 0 radical (unpaired) electrons. The van der Waals surface area contributed by atoms with E-state index in [9.17, 15) is 0 Å². The maximum absolute atomic E-state index is 8.99. The molecule has 1 aliphatic heterocycles. The first-order valence-electron chi connectivity index (χ1n) is 7.13. The second-order valence-electron chi connectivity index (χ2n) is 5.47. The zero-order valence-electron chi connectivity index (χ0n) is 11.9. The third-order valence-corrected chi connectivity index (χ3v) is 4.09. The summed E-state index contributed by atoms with van der Waals surface area (Å²) >= 11 is 0. The average molecular weight is 257 g/mol. The molecule has 0 spiro atoms. The largest absolute Gasteiger partial charge is 0.319 e. The molecule has 2 atom stereocenters. The highest BCUT2D eigenvalue weighted by molar-refractivity contribution is 5.34. The molecule has 2 rings (SSSR count). The third-order valence-electron chi connectivity index (χ3n) is 4.09. The number of hydrogen-bond acceptors (Lipinski definition) is 3. The minimum atomic E-state index is 0.396. The van der Waals surface area contributed by atoms with Crippen LogP contribution in [-0.2, 0) is 0 Å². The lowest BCUT2D eigenvalue weighted by molar-refractivity contribution is 0.131. The molecule has 1 fully saturated rings. The highest BCUT2D eigenvalue weighted by atomic mass is 15.2. The lowest BCUT2D eigenvalue weighted by atomic mass is 9.95. The molecular weight excluding hydrogens is 234 g/mol. The molecule has 19 heavy (non-hydrogen) atoms. The molecule has 0 bridgehead atoms. The van der Waals surface area contributed by atoms with Crippen LogP contribution in [0.25, 0.3) is 0 Å². The van der Waals surface area contributed by atoms with E-state index < -0.39 is 0 Å². The molecule has 1 saturated heterocycles. The Morgan fingerprint density at radius 3 is 3.11 bits per heavy atom. The molecule has 1 heterocycles. The van der Waals surface area contributed by atoms with E-state index >= 15 is 0 Å². The van der Waals surface area contributed by atoms with Crippen molar-refractivity contribution in [3.05, 3.63) is 35.4 Å². The Hall–Kier alpha value is -1.37. The first-order chi connectivity index (χ1) is 9.24. The summed E-state index contributed by atoms with van der Waals surface area (Å²) in [6.45, 7) is 5.66. The van der Waals surface area contributed by atoms with Gasteiger partial charge in [0.05, 0.1) is 11.6 Å². The number of benzene rings is 1. The number of rotatable bonds is 4. The van der Waals surface area contributed by atoms with Gasteiger partial charge in [-0.1, -0.05) is 12.1 Å². The molecule has 2 unspecified atom stereocenters. The molecule has 1 aliphatic rings. The first-order valence-corrected chi connectivity index (χ1v) is 7.13. The fraction of sp³-hybridized carbons (Fsp3) is 0.562. The second-order valence-corrected chi connectivity index (χ2v) is 5.47. The van der Waals surface area contributed by atoms with Crippen LogP contribution in [0.4, 0.5) is 0 Å². The van der Waals surface area contributed by atoms with E-state index in [2.05, 4.69) is 29.3 Å². The van der Waals surface area contributed by atoms with Gasteiger partial charge < -0.3 is 5.32 Å². The summed E-state index contributed by atoms with van der Waals surface area (Å²) in [5.74, 6) is 0.750. The van der Waals surface area contributed by atoms with Crippen LogP contribution in [0.1, 0.15) is 36.9 Å². The van der Waals surface area contributed by atoms with Crippen LogP contribution in [0.15, 0.2) is 24.3 Å². The van der Waals surface area contributed by atoms with Gasteiger partial charge in [-0.25, -0.2) is 0 Å². The van der Waals surface area contributed by atoms with Gasteiger partial charge in [-0.15, -0.1) is 0 Å². The number of nitrogens with zero attached hydrogens (tertiary/aromatic N) is 2. The van der Waals surface area contributed by atoms with Crippen LogP contribution >= 0.6 is 0 Å². The topological polar surface area (TPSA) is 39.1 Å². The van der Waals surface area contributed by atoms with Crippen molar-refractivity contribution in [1.82, 2.24) is 10.2 Å². The van der Waals surface area contributed by atoms with Gasteiger partial charge in [-0.05, 0) is 63.5 Å². The average Bonchev–Trinajstić information content (AvgIpc) is 2.47. The second kappa shape index (κ2) is 6.70. The third kappa shape index (κ3) is 3.56. The Labute approximate surface area is 116 Å². The first kappa shape index (κ1) is 14.0. The van der Waals surface area contributed by atoms with Gasteiger partial charge in [0.2, 0.25) is 0 Å². The van der Waals surface area contributed by atoms with Crippen LogP contribution in [0.3, 0.4) is 0 Å². The predicted octanol–water partition coefficient (Wildman–Crippen LogP) is 2.55. The van der Waals surface area contributed by atoms with E-state index in [0.29, 0.717) is 6.04 Å². The van der Waals surface area contributed by atoms with Crippen LogP contribution in [0, 0.1) is 17.2 Å². The molecular formula is C16H23N3.